The first kappa shape index (κ1) is 17.5. The van der Waals surface area contributed by atoms with Gasteiger partial charge in [0.2, 0.25) is 10.0 Å². The monoisotopic (exact) mass is 378 g/mol. The number of carbonyl (C=O) groups excluding carboxylic acids is 2. The molecule has 2 fully saturated rings. The summed E-state index contributed by atoms with van der Waals surface area (Å²) >= 11 is 0. The summed E-state index contributed by atoms with van der Waals surface area (Å²) in [4.78, 5) is 24.9. The Labute approximate surface area is 153 Å². The van der Waals surface area contributed by atoms with Crippen LogP contribution in [0.4, 0.5) is 4.79 Å². The van der Waals surface area contributed by atoms with Crippen LogP contribution in [0.25, 0.3) is 0 Å². The summed E-state index contributed by atoms with van der Waals surface area (Å²) in [5.74, 6) is -0.342. The van der Waals surface area contributed by atoms with Gasteiger partial charge in [0.15, 0.2) is 6.61 Å². The molecule has 0 bridgehead atoms. The van der Waals surface area contributed by atoms with Crippen molar-refractivity contribution < 1.29 is 22.7 Å². The quantitative estimate of drug-likeness (QED) is 0.799. The molecule has 2 amide bonds. The summed E-state index contributed by atoms with van der Waals surface area (Å²) in [6.45, 7) is 0.370. The van der Waals surface area contributed by atoms with Gasteiger partial charge in [0.25, 0.3) is 5.91 Å². The van der Waals surface area contributed by atoms with Crippen molar-refractivity contribution in [1.82, 2.24) is 9.21 Å². The van der Waals surface area contributed by atoms with Crippen molar-refractivity contribution in [2.45, 2.75) is 49.5 Å². The van der Waals surface area contributed by atoms with E-state index in [4.69, 9.17) is 4.74 Å². The fraction of sp³-hybridized carbons (Fsp3) is 0.556. The van der Waals surface area contributed by atoms with Gasteiger partial charge >= 0.3 is 6.09 Å². The fourth-order valence-corrected chi connectivity index (χ4v) is 5.60. The van der Waals surface area contributed by atoms with E-state index < -0.39 is 16.1 Å². The number of hydrogen-bond acceptors (Lipinski definition) is 5. The average molecular weight is 378 g/mol. The third-order valence-corrected chi connectivity index (χ3v) is 7.43. The minimum atomic E-state index is -3.56. The summed E-state index contributed by atoms with van der Waals surface area (Å²) in [6.07, 6.45) is 4.45. The maximum atomic E-state index is 13.0. The maximum Gasteiger partial charge on any atom is 0.417 e. The lowest BCUT2D eigenvalue weighted by Gasteiger charge is -2.34. The highest BCUT2D eigenvalue weighted by Crippen LogP contribution is 2.28. The Hall–Kier alpha value is -1.93. The summed E-state index contributed by atoms with van der Waals surface area (Å²) in [7, 11) is -3.56. The Morgan fingerprint density at radius 2 is 1.69 bits per heavy atom. The molecule has 0 aromatic heterocycles. The highest BCUT2D eigenvalue weighted by Gasteiger charge is 2.40. The van der Waals surface area contributed by atoms with Crippen molar-refractivity contribution >= 4 is 22.0 Å². The largest absolute Gasteiger partial charge is 0.439 e. The molecule has 3 aliphatic rings. The van der Waals surface area contributed by atoms with Crippen LogP contribution in [0, 0.1) is 0 Å². The molecule has 0 N–H and O–H groups in total. The Bertz CT molecular complexity index is 827. The molecule has 4 rings (SSSR count). The molecule has 2 aliphatic heterocycles. The molecular weight excluding hydrogens is 356 g/mol. The van der Waals surface area contributed by atoms with Crippen LogP contribution in [0.3, 0.4) is 0 Å². The number of ether oxygens (including phenoxy) is 1. The molecule has 1 aliphatic carbocycles. The molecule has 2 saturated heterocycles. The first-order valence-corrected chi connectivity index (χ1v) is 10.5. The Kier molecular flexibility index (Phi) is 4.48. The highest BCUT2D eigenvalue weighted by atomic mass is 32.2. The zero-order chi connectivity index (χ0) is 18.3. The molecule has 1 aromatic carbocycles. The highest BCUT2D eigenvalue weighted by molar-refractivity contribution is 7.89. The zero-order valence-electron chi connectivity index (χ0n) is 14.5. The lowest BCUT2D eigenvalue weighted by atomic mass is 9.92. The van der Waals surface area contributed by atoms with Gasteiger partial charge in [-0.3, -0.25) is 4.79 Å². The van der Waals surface area contributed by atoms with E-state index in [-0.39, 0.29) is 18.6 Å². The Morgan fingerprint density at radius 1 is 1.00 bits per heavy atom. The van der Waals surface area contributed by atoms with E-state index in [0.717, 1.165) is 36.1 Å². The van der Waals surface area contributed by atoms with Crippen molar-refractivity contribution in [2.24, 2.45) is 0 Å². The molecule has 0 saturated carbocycles. The standard InChI is InChI=1S/C18H22N2O5S/c21-17-12-25-18(22)20(17)15-7-9-19(10-8-15)26(23,24)16-6-5-13-3-1-2-4-14(13)11-16/h5-6,11,15H,1-4,7-10,12H2. The lowest BCUT2D eigenvalue weighted by Crippen LogP contribution is -2.48. The second kappa shape index (κ2) is 6.66. The lowest BCUT2D eigenvalue weighted by molar-refractivity contribution is -0.127. The van der Waals surface area contributed by atoms with Gasteiger partial charge in [0.05, 0.1) is 4.90 Å². The van der Waals surface area contributed by atoms with Crippen LogP contribution in [0.5, 0.6) is 0 Å². The van der Waals surface area contributed by atoms with Gasteiger partial charge in [-0.1, -0.05) is 6.07 Å². The van der Waals surface area contributed by atoms with E-state index in [9.17, 15) is 18.0 Å². The van der Waals surface area contributed by atoms with E-state index in [0.29, 0.717) is 30.8 Å². The SMILES string of the molecule is O=C1COC(=O)N1C1CCN(S(=O)(=O)c2ccc3c(c2)CCCC3)CC1. The second-order valence-corrected chi connectivity index (χ2v) is 9.03. The number of carbonyl (C=O) groups is 2. The van der Waals surface area contributed by atoms with E-state index in [1.807, 2.05) is 12.1 Å². The summed E-state index contributed by atoms with van der Waals surface area (Å²) in [5, 5.41) is 0. The van der Waals surface area contributed by atoms with Crippen LogP contribution >= 0.6 is 0 Å². The van der Waals surface area contributed by atoms with Crippen molar-refractivity contribution in [2.75, 3.05) is 19.7 Å². The molecule has 0 unspecified atom stereocenters. The van der Waals surface area contributed by atoms with Crippen LogP contribution in [-0.4, -0.2) is 55.4 Å². The number of imide groups is 1. The van der Waals surface area contributed by atoms with Crippen molar-refractivity contribution in [3.63, 3.8) is 0 Å². The number of benzene rings is 1. The summed E-state index contributed by atoms with van der Waals surface area (Å²) < 4.78 is 32.2. The van der Waals surface area contributed by atoms with E-state index >= 15 is 0 Å². The van der Waals surface area contributed by atoms with Gasteiger partial charge in [0.1, 0.15) is 0 Å². The second-order valence-electron chi connectivity index (χ2n) is 7.09. The van der Waals surface area contributed by atoms with Crippen molar-refractivity contribution in [3.8, 4) is 0 Å². The van der Waals surface area contributed by atoms with Crippen LogP contribution in [-0.2, 0) is 32.4 Å². The minimum absolute atomic E-state index is 0.216. The molecule has 140 valence electrons. The predicted octanol–water partition coefficient (Wildman–Crippen LogP) is 1.70. The maximum absolute atomic E-state index is 13.0. The minimum Gasteiger partial charge on any atom is -0.439 e. The molecule has 0 radical (unpaired) electrons. The number of hydrogen-bond donors (Lipinski definition) is 0. The normalized spacial score (nSPS) is 22.4. The number of sulfonamides is 1. The molecule has 0 spiro atoms. The van der Waals surface area contributed by atoms with Gasteiger partial charge < -0.3 is 4.74 Å². The molecule has 1 aromatic rings. The van der Waals surface area contributed by atoms with E-state index in [2.05, 4.69) is 0 Å². The smallest absolute Gasteiger partial charge is 0.417 e. The van der Waals surface area contributed by atoms with Gasteiger partial charge in [-0.05, 0) is 61.8 Å². The van der Waals surface area contributed by atoms with Gasteiger partial charge in [-0.2, -0.15) is 4.31 Å². The number of piperidine rings is 1. The predicted molar refractivity (Wildman–Crippen MR) is 93.1 cm³/mol. The third-order valence-electron chi connectivity index (χ3n) is 5.53. The first-order chi connectivity index (χ1) is 12.5. The van der Waals surface area contributed by atoms with Gasteiger partial charge in [0, 0.05) is 19.1 Å². The van der Waals surface area contributed by atoms with Gasteiger partial charge in [-0.15, -0.1) is 0 Å². The number of amides is 2. The number of nitrogens with zero attached hydrogens (tertiary/aromatic N) is 2. The molecule has 0 atom stereocenters. The van der Waals surface area contributed by atoms with Crippen LogP contribution in [0.1, 0.15) is 36.8 Å². The Morgan fingerprint density at radius 3 is 2.35 bits per heavy atom. The third kappa shape index (κ3) is 3.01. The number of rotatable bonds is 3. The number of fused-ring (bicyclic) bond motifs is 1. The molecule has 2 heterocycles. The average Bonchev–Trinajstić information content (AvgIpc) is 3.00. The number of cyclic esters (lactones) is 1. The molecular formula is C18H22N2O5S. The molecule has 8 heteroatoms. The summed E-state index contributed by atoms with van der Waals surface area (Å²) in [6, 6.07) is 5.17. The fourth-order valence-electron chi connectivity index (χ4n) is 4.08. The first-order valence-electron chi connectivity index (χ1n) is 9.07. The number of aryl methyl sites for hydroxylation is 2. The molecule has 26 heavy (non-hydrogen) atoms. The Balaban J connectivity index is 1.48. The van der Waals surface area contributed by atoms with Crippen molar-refractivity contribution in [1.29, 1.82) is 0 Å². The zero-order valence-corrected chi connectivity index (χ0v) is 15.3. The van der Waals surface area contributed by atoms with Crippen LogP contribution in [0.15, 0.2) is 23.1 Å². The van der Waals surface area contributed by atoms with E-state index in [1.54, 1.807) is 6.07 Å². The van der Waals surface area contributed by atoms with E-state index in [1.165, 1.54) is 9.87 Å². The summed E-state index contributed by atoms with van der Waals surface area (Å²) in [5.41, 5.74) is 2.39. The molecule has 7 nitrogen and oxygen atoms in total. The van der Waals surface area contributed by atoms with Gasteiger partial charge in [-0.25, -0.2) is 18.1 Å². The van der Waals surface area contributed by atoms with Crippen LogP contribution < -0.4 is 0 Å². The van der Waals surface area contributed by atoms with Crippen molar-refractivity contribution in [3.05, 3.63) is 29.3 Å². The van der Waals surface area contributed by atoms with Crippen LogP contribution in [0.2, 0.25) is 0 Å². The topological polar surface area (TPSA) is 84.0 Å².